The van der Waals surface area contributed by atoms with Gasteiger partial charge < -0.3 is 10.1 Å². The molecule has 0 atom stereocenters. The van der Waals surface area contributed by atoms with E-state index in [4.69, 9.17) is 16.3 Å². The molecule has 1 N–H and O–H groups in total. The fraction of sp³-hybridized carbons (Fsp3) is 0.0870. The van der Waals surface area contributed by atoms with Crippen molar-refractivity contribution in [2.75, 3.05) is 11.9 Å². The van der Waals surface area contributed by atoms with E-state index in [1.54, 1.807) is 48.1 Å². The van der Waals surface area contributed by atoms with Crippen molar-refractivity contribution in [3.63, 3.8) is 0 Å². The van der Waals surface area contributed by atoms with E-state index in [1.165, 1.54) is 11.3 Å². The van der Waals surface area contributed by atoms with Gasteiger partial charge in [0.2, 0.25) is 0 Å². The van der Waals surface area contributed by atoms with E-state index < -0.39 is 5.97 Å². The number of halogens is 1. The molecule has 0 radical (unpaired) electrons. The van der Waals surface area contributed by atoms with Crippen molar-refractivity contribution in [1.29, 1.82) is 0 Å². The number of para-hydroxylation sites is 1. The summed E-state index contributed by atoms with van der Waals surface area (Å²) in [6, 6.07) is 19.8. The minimum atomic E-state index is -0.440. The third-order valence-electron chi connectivity index (χ3n) is 4.42. The minimum absolute atomic E-state index is 0.279. The molecule has 0 aliphatic rings. The van der Waals surface area contributed by atoms with Crippen molar-refractivity contribution in [2.45, 2.75) is 6.92 Å². The number of aromatic nitrogens is 2. The summed E-state index contributed by atoms with van der Waals surface area (Å²) in [6.07, 6.45) is 1.68. The second kappa shape index (κ2) is 9.16. The number of nitrogens with zero attached hydrogens (tertiary/aromatic N) is 2. The first kappa shape index (κ1) is 20.8. The van der Waals surface area contributed by atoms with Crippen molar-refractivity contribution in [1.82, 2.24) is 9.78 Å². The maximum Gasteiger partial charge on any atom is 0.338 e. The van der Waals surface area contributed by atoms with Crippen molar-refractivity contribution in [3.8, 4) is 16.3 Å². The Balaban J connectivity index is 1.68. The molecule has 2 aromatic carbocycles. The summed E-state index contributed by atoms with van der Waals surface area (Å²) >= 11 is 7.46. The second-order valence-electron chi connectivity index (χ2n) is 6.53. The number of ether oxygens (including phenoxy) is 1. The molecule has 0 bridgehead atoms. The van der Waals surface area contributed by atoms with Crippen LogP contribution in [0.3, 0.4) is 0 Å². The van der Waals surface area contributed by atoms with Crippen LogP contribution in [0.5, 0.6) is 0 Å². The lowest BCUT2D eigenvalue weighted by molar-refractivity contribution is 0.0526. The lowest BCUT2D eigenvalue weighted by atomic mass is 10.1. The lowest BCUT2D eigenvalue weighted by Gasteiger charge is -2.07. The van der Waals surface area contributed by atoms with Crippen LogP contribution in [-0.2, 0) is 4.74 Å². The predicted molar refractivity (Wildman–Crippen MR) is 122 cm³/mol. The van der Waals surface area contributed by atoms with Gasteiger partial charge in [0.15, 0.2) is 0 Å². The first-order valence-corrected chi connectivity index (χ1v) is 10.7. The van der Waals surface area contributed by atoms with E-state index in [0.717, 1.165) is 10.6 Å². The average Bonchev–Trinajstić information content (AvgIpc) is 3.41. The zero-order chi connectivity index (χ0) is 21.8. The molecule has 0 aliphatic heterocycles. The smallest absolute Gasteiger partial charge is 0.338 e. The molecule has 1 amide bonds. The Labute approximate surface area is 188 Å². The number of amides is 1. The molecule has 0 saturated carbocycles. The maximum atomic E-state index is 13.2. The molecule has 0 unspecified atom stereocenters. The molecule has 8 heteroatoms. The number of thiophene rings is 1. The number of hydrogen-bond donors (Lipinski definition) is 1. The van der Waals surface area contributed by atoms with Gasteiger partial charge in [-0.15, -0.1) is 11.3 Å². The molecule has 2 heterocycles. The van der Waals surface area contributed by atoms with Crippen LogP contribution in [0.1, 0.15) is 27.6 Å². The first-order valence-electron chi connectivity index (χ1n) is 9.54. The molecule has 0 fully saturated rings. The summed E-state index contributed by atoms with van der Waals surface area (Å²) < 4.78 is 7.30. The van der Waals surface area contributed by atoms with Crippen LogP contribution in [0, 0.1) is 0 Å². The van der Waals surface area contributed by atoms with Crippen LogP contribution in [0.25, 0.3) is 16.3 Å². The van der Waals surface area contributed by atoms with Gasteiger partial charge in [-0.05, 0) is 49.4 Å². The monoisotopic (exact) mass is 451 g/mol. The Morgan fingerprint density at radius 2 is 1.90 bits per heavy atom. The third-order valence-corrected chi connectivity index (χ3v) is 5.66. The van der Waals surface area contributed by atoms with Crippen LogP contribution in [-0.4, -0.2) is 28.3 Å². The van der Waals surface area contributed by atoms with Crippen LogP contribution in [0.15, 0.2) is 72.9 Å². The van der Waals surface area contributed by atoms with Gasteiger partial charge in [0.1, 0.15) is 5.69 Å². The highest BCUT2D eigenvalue weighted by molar-refractivity contribution is 7.19. The SMILES string of the molecule is CCOC(=O)c1cccc(NC(=O)c2cn(-c3ccccc3)nc2-c2ccc(Cl)s2)c1. The molecular weight excluding hydrogens is 434 g/mol. The number of rotatable bonds is 6. The normalized spacial score (nSPS) is 10.6. The molecule has 2 aromatic heterocycles. The van der Waals surface area contributed by atoms with Crippen LogP contribution in [0.4, 0.5) is 5.69 Å². The Kier molecular flexibility index (Phi) is 6.16. The van der Waals surface area contributed by atoms with E-state index in [0.29, 0.717) is 26.8 Å². The lowest BCUT2D eigenvalue weighted by Crippen LogP contribution is -2.13. The predicted octanol–water partition coefficient (Wildman–Crippen LogP) is 5.68. The summed E-state index contributed by atoms with van der Waals surface area (Å²) in [7, 11) is 0. The number of nitrogens with one attached hydrogen (secondary N) is 1. The van der Waals surface area contributed by atoms with E-state index in [-0.39, 0.29) is 12.5 Å². The highest BCUT2D eigenvalue weighted by atomic mass is 35.5. The fourth-order valence-electron chi connectivity index (χ4n) is 3.01. The molecule has 4 rings (SSSR count). The average molecular weight is 452 g/mol. The fourth-order valence-corrected chi connectivity index (χ4v) is 4.06. The Morgan fingerprint density at radius 3 is 2.61 bits per heavy atom. The Bertz CT molecular complexity index is 1230. The molecule has 0 aliphatic carbocycles. The van der Waals surface area contributed by atoms with Crippen LogP contribution in [0.2, 0.25) is 4.34 Å². The van der Waals surface area contributed by atoms with Gasteiger partial charge in [0.25, 0.3) is 5.91 Å². The summed E-state index contributed by atoms with van der Waals surface area (Å²) in [5, 5.41) is 7.48. The third kappa shape index (κ3) is 4.68. The maximum absolute atomic E-state index is 13.2. The highest BCUT2D eigenvalue weighted by Crippen LogP contribution is 2.33. The van der Waals surface area contributed by atoms with E-state index in [9.17, 15) is 9.59 Å². The molecule has 4 aromatic rings. The van der Waals surface area contributed by atoms with Gasteiger partial charge >= 0.3 is 5.97 Å². The number of benzene rings is 2. The molecular formula is C23H18ClN3O3S. The Morgan fingerprint density at radius 1 is 1.10 bits per heavy atom. The Hall–Kier alpha value is -3.42. The van der Waals surface area contributed by atoms with Crippen LogP contribution >= 0.6 is 22.9 Å². The summed E-state index contributed by atoms with van der Waals surface area (Å²) in [6.45, 7) is 2.02. The summed E-state index contributed by atoms with van der Waals surface area (Å²) in [5.74, 6) is -0.785. The van der Waals surface area contributed by atoms with Crippen molar-refractivity contribution >= 4 is 40.5 Å². The zero-order valence-electron chi connectivity index (χ0n) is 16.5. The zero-order valence-corrected chi connectivity index (χ0v) is 18.1. The number of carbonyl (C=O) groups excluding carboxylic acids is 2. The topological polar surface area (TPSA) is 73.2 Å². The van der Waals surface area contributed by atoms with E-state index in [1.807, 2.05) is 36.4 Å². The van der Waals surface area contributed by atoms with Gasteiger partial charge in [-0.3, -0.25) is 4.79 Å². The van der Waals surface area contributed by atoms with Crippen LogP contribution < -0.4 is 5.32 Å². The largest absolute Gasteiger partial charge is 0.462 e. The number of anilines is 1. The second-order valence-corrected chi connectivity index (χ2v) is 8.25. The standard InChI is InChI=1S/C23H18ClN3O3S/c1-2-30-23(29)15-7-6-8-16(13-15)25-22(28)18-14-27(17-9-4-3-5-10-17)26-21(18)19-11-12-20(24)31-19/h3-14H,2H2,1H3,(H,25,28). The molecule has 31 heavy (non-hydrogen) atoms. The molecule has 6 nitrogen and oxygen atoms in total. The number of esters is 1. The van der Waals surface area contributed by atoms with Crippen molar-refractivity contribution in [2.24, 2.45) is 0 Å². The summed E-state index contributed by atoms with van der Waals surface area (Å²) in [4.78, 5) is 25.9. The highest BCUT2D eigenvalue weighted by Gasteiger charge is 2.20. The van der Waals surface area contributed by atoms with Gasteiger partial charge in [0.05, 0.1) is 32.6 Å². The minimum Gasteiger partial charge on any atom is -0.462 e. The first-order chi connectivity index (χ1) is 15.0. The number of hydrogen-bond acceptors (Lipinski definition) is 5. The quantitative estimate of drug-likeness (QED) is 0.382. The van der Waals surface area contributed by atoms with Gasteiger partial charge in [-0.25, -0.2) is 9.48 Å². The molecule has 156 valence electrons. The van der Waals surface area contributed by atoms with E-state index >= 15 is 0 Å². The summed E-state index contributed by atoms with van der Waals surface area (Å²) in [5.41, 5.74) is 2.60. The van der Waals surface area contributed by atoms with Gasteiger partial charge in [0, 0.05) is 11.9 Å². The molecule has 0 saturated heterocycles. The van der Waals surface area contributed by atoms with Crippen molar-refractivity contribution in [3.05, 3.63) is 88.4 Å². The van der Waals surface area contributed by atoms with E-state index in [2.05, 4.69) is 10.4 Å². The van der Waals surface area contributed by atoms with Gasteiger partial charge in [-0.2, -0.15) is 5.10 Å². The molecule has 0 spiro atoms. The van der Waals surface area contributed by atoms with Gasteiger partial charge in [-0.1, -0.05) is 35.9 Å². The van der Waals surface area contributed by atoms with Crippen molar-refractivity contribution < 1.29 is 14.3 Å². The number of carbonyl (C=O) groups is 2.